The SMILES string of the molecule is CCC(NCCN1CCOCC1)c1ccc(O)cc1. The molecule has 0 radical (unpaired) electrons. The number of benzene rings is 1. The van der Waals surface area contributed by atoms with Crippen molar-refractivity contribution < 1.29 is 9.84 Å². The fourth-order valence-electron chi connectivity index (χ4n) is 2.43. The van der Waals surface area contributed by atoms with E-state index >= 15 is 0 Å². The van der Waals surface area contributed by atoms with Crippen LogP contribution in [-0.2, 0) is 4.74 Å². The van der Waals surface area contributed by atoms with Crippen LogP contribution in [-0.4, -0.2) is 49.4 Å². The molecule has 2 N–H and O–H groups in total. The number of hydrogen-bond donors (Lipinski definition) is 2. The van der Waals surface area contributed by atoms with Gasteiger partial charge in [-0.05, 0) is 24.1 Å². The van der Waals surface area contributed by atoms with E-state index in [9.17, 15) is 5.11 Å². The largest absolute Gasteiger partial charge is 0.508 e. The molecule has 1 fully saturated rings. The van der Waals surface area contributed by atoms with Gasteiger partial charge in [-0.15, -0.1) is 0 Å². The van der Waals surface area contributed by atoms with Crippen molar-refractivity contribution >= 4 is 0 Å². The molecule has 4 nitrogen and oxygen atoms in total. The van der Waals surface area contributed by atoms with E-state index in [1.54, 1.807) is 12.1 Å². The Labute approximate surface area is 115 Å². The van der Waals surface area contributed by atoms with E-state index in [0.717, 1.165) is 45.8 Å². The fraction of sp³-hybridized carbons (Fsp3) is 0.600. The van der Waals surface area contributed by atoms with Crippen LogP contribution in [0, 0.1) is 0 Å². The van der Waals surface area contributed by atoms with E-state index in [1.807, 2.05) is 12.1 Å². The van der Waals surface area contributed by atoms with Crippen LogP contribution < -0.4 is 5.32 Å². The summed E-state index contributed by atoms with van der Waals surface area (Å²) in [4.78, 5) is 2.43. The van der Waals surface area contributed by atoms with Crippen molar-refractivity contribution in [2.75, 3.05) is 39.4 Å². The minimum Gasteiger partial charge on any atom is -0.508 e. The molecule has 0 aromatic heterocycles. The average Bonchev–Trinajstić information content (AvgIpc) is 2.46. The summed E-state index contributed by atoms with van der Waals surface area (Å²) in [6, 6.07) is 7.85. The van der Waals surface area contributed by atoms with Crippen molar-refractivity contribution in [2.45, 2.75) is 19.4 Å². The predicted molar refractivity (Wildman–Crippen MR) is 76.4 cm³/mol. The molecule has 1 aliphatic heterocycles. The molecule has 1 aromatic rings. The second kappa shape index (κ2) is 7.48. The third-order valence-corrected chi connectivity index (χ3v) is 3.63. The first-order valence-corrected chi connectivity index (χ1v) is 7.12. The van der Waals surface area contributed by atoms with Gasteiger partial charge in [0.05, 0.1) is 13.2 Å². The second-order valence-electron chi connectivity index (χ2n) is 4.96. The summed E-state index contributed by atoms with van der Waals surface area (Å²) in [6.07, 6.45) is 1.05. The lowest BCUT2D eigenvalue weighted by Crippen LogP contribution is -2.40. The van der Waals surface area contributed by atoms with E-state index in [-0.39, 0.29) is 0 Å². The first kappa shape index (κ1) is 14.3. The maximum atomic E-state index is 9.32. The number of aromatic hydroxyl groups is 1. The molecule has 1 aliphatic rings. The Kier molecular flexibility index (Phi) is 5.63. The van der Waals surface area contributed by atoms with Crippen LogP contribution in [0.2, 0.25) is 0 Å². The van der Waals surface area contributed by atoms with E-state index in [2.05, 4.69) is 17.1 Å². The van der Waals surface area contributed by atoms with Crippen LogP contribution in [0.5, 0.6) is 5.75 Å². The molecular weight excluding hydrogens is 240 g/mol. The number of morpholine rings is 1. The van der Waals surface area contributed by atoms with Gasteiger partial charge in [-0.2, -0.15) is 0 Å². The summed E-state index contributed by atoms with van der Waals surface area (Å²) in [5.74, 6) is 0.326. The smallest absolute Gasteiger partial charge is 0.115 e. The number of phenolic OH excluding ortho intramolecular Hbond substituents is 1. The minimum atomic E-state index is 0.326. The van der Waals surface area contributed by atoms with Crippen LogP contribution in [0.25, 0.3) is 0 Å². The molecule has 0 amide bonds. The fourth-order valence-corrected chi connectivity index (χ4v) is 2.43. The van der Waals surface area contributed by atoms with E-state index in [0.29, 0.717) is 11.8 Å². The molecular formula is C15H24N2O2. The van der Waals surface area contributed by atoms with E-state index in [4.69, 9.17) is 4.74 Å². The molecule has 4 heteroatoms. The Balaban J connectivity index is 1.77. The van der Waals surface area contributed by atoms with Crippen LogP contribution in [0.15, 0.2) is 24.3 Å². The summed E-state index contributed by atoms with van der Waals surface area (Å²) < 4.78 is 5.34. The van der Waals surface area contributed by atoms with Crippen LogP contribution in [0.3, 0.4) is 0 Å². The molecule has 1 atom stereocenters. The van der Waals surface area contributed by atoms with Gasteiger partial charge in [-0.1, -0.05) is 19.1 Å². The van der Waals surface area contributed by atoms with Gasteiger partial charge < -0.3 is 15.2 Å². The normalized spacial score (nSPS) is 18.4. The zero-order chi connectivity index (χ0) is 13.5. The second-order valence-corrected chi connectivity index (χ2v) is 4.96. The first-order chi connectivity index (χ1) is 9.29. The lowest BCUT2D eigenvalue weighted by molar-refractivity contribution is 0.0381. The molecule has 0 spiro atoms. The summed E-state index contributed by atoms with van der Waals surface area (Å²) in [7, 11) is 0. The maximum Gasteiger partial charge on any atom is 0.115 e. The quantitative estimate of drug-likeness (QED) is 0.822. The molecule has 2 rings (SSSR count). The highest BCUT2D eigenvalue weighted by molar-refractivity contribution is 5.27. The van der Waals surface area contributed by atoms with Gasteiger partial charge in [0, 0.05) is 32.2 Å². The Morgan fingerprint density at radius 1 is 1.26 bits per heavy atom. The molecule has 1 aromatic carbocycles. The Morgan fingerprint density at radius 3 is 2.58 bits per heavy atom. The van der Waals surface area contributed by atoms with Gasteiger partial charge in [0.1, 0.15) is 5.75 Å². The van der Waals surface area contributed by atoms with Crippen LogP contribution >= 0.6 is 0 Å². The number of phenols is 1. The van der Waals surface area contributed by atoms with E-state index < -0.39 is 0 Å². The molecule has 1 heterocycles. The molecule has 1 unspecified atom stereocenters. The van der Waals surface area contributed by atoms with Gasteiger partial charge in [0.2, 0.25) is 0 Å². The molecule has 1 saturated heterocycles. The number of nitrogens with one attached hydrogen (secondary N) is 1. The molecule has 0 saturated carbocycles. The minimum absolute atomic E-state index is 0.326. The summed E-state index contributed by atoms with van der Waals surface area (Å²) in [5.41, 5.74) is 1.24. The summed E-state index contributed by atoms with van der Waals surface area (Å²) in [5, 5.41) is 12.9. The number of ether oxygens (including phenoxy) is 1. The zero-order valence-corrected chi connectivity index (χ0v) is 11.6. The van der Waals surface area contributed by atoms with Crippen LogP contribution in [0.1, 0.15) is 24.9 Å². The Hall–Kier alpha value is -1.10. The first-order valence-electron chi connectivity index (χ1n) is 7.12. The van der Waals surface area contributed by atoms with Gasteiger partial charge >= 0.3 is 0 Å². The monoisotopic (exact) mass is 264 g/mol. The number of nitrogens with zero attached hydrogens (tertiary/aromatic N) is 1. The third-order valence-electron chi connectivity index (χ3n) is 3.63. The van der Waals surface area contributed by atoms with E-state index in [1.165, 1.54) is 5.56 Å². The molecule has 0 aliphatic carbocycles. The van der Waals surface area contributed by atoms with Gasteiger partial charge in [0.15, 0.2) is 0 Å². The maximum absolute atomic E-state index is 9.32. The highest BCUT2D eigenvalue weighted by atomic mass is 16.5. The van der Waals surface area contributed by atoms with Crippen molar-refractivity contribution in [1.29, 1.82) is 0 Å². The Bertz CT molecular complexity index is 361. The number of rotatable bonds is 6. The lowest BCUT2D eigenvalue weighted by atomic mass is 10.0. The topological polar surface area (TPSA) is 44.7 Å². The summed E-state index contributed by atoms with van der Waals surface area (Å²) in [6.45, 7) is 8.02. The molecule has 0 bridgehead atoms. The van der Waals surface area contributed by atoms with Gasteiger partial charge in [-0.25, -0.2) is 0 Å². The third kappa shape index (κ3) is 4.49. The van der Waals surface area contributed by atoms with Gasteiger partial charge in [0.25, 0.3) is 0 Å². The van der Waals surface area contributed by atoms with Crippen molar-refractivity contribution in [3.8, 4) is 5.75 Å². The lowest BCUT2D eigenvalue weighted by Gasteiger charge is -2.27. The van der Waals surface area contributed by atoms with Crippen LogP contribution in [0.4, 0.5) is 0 Å². The van der Waals surface area contributed by atoms with Crippen molar-refractivity contribution in [3.05, 3.63) is 29.8 Å². The zero-order valence-electron chi connectivity index (χ0n) is 11.6. The molecule has 19 heavy (non-hydrogen) atoms. The predicted octanol–water partition coefficient (Wildman–Crippen LogP) is 1.77. The number of hydrogen-bond acceptors (Lipinski definition) is 4. The highest BCUT2D eigenvalue weighted by Crippen LogP contribution is 2.19. The molecule has 106 valence electrons. The van der Waals surface area contributed by atoms with Crippen molar-refractivity contribution in [2.24, 2.45) is 0 Å². The average molecular weight is 264 g/mol. The summed E-state index contributed by atoms with van der Waals surface area (Å²) >= 11 is 0. The Morgan fingerprint density at radius 2 is 1.95 bits per heavy atom. The van der Waals surface area contributed by atoms with Crippen molar-refractivity contribution in [1.82, 2.24) is 10.2 Å². The highest BCUT2D eigenvalue weighted by Gasteiger charge is 2.12. The van der Waals surface area contributed by atoms with Gasteiger partial charge in [-0.3, -0.25) is 4.90 Å². The van der Waals surface area contributed by atoms with Crippen molar-refractivity contribution in [3.63, 3.8) is 0 Å². The standard InChI is InChI=1S/C15H24N2O2/c1-2-15(13-3-5-14(18)6-4-13)16-7-8-17-9-11-19-12-10-17/h3-6,15-16,18H,2,7-12H2,1H3.